The van der Waals surface area contributed by atoms with Crippen LogP contribution in [0.15, 0.2) is 41.3 Å². The maximum Gasteiger partial charge on any atom is 0.263 e. The summed E-state index contributed by atoms with van der Waals surface area (Å²) in [7, 11) is 1.56. The number of hydrogen-bond acceptors (Lipinski definition) is 5. The number of amides is 1. The third-order valence-corrected chi connectivity index (χ3v) is 4.98. The first-order valence-corrected chi connectivity index (χ1v) is 9.06. The van der Waals surface area contributed by atoms with Crippen LogP contribution in [0.1, 0.15) is 11.1 Å². The Bertz CT molecular complexity index is 917. The number of carbonyl (C=O) groups is 1. The Balaban J connectivity index is 1.83. The molecule has 26 heavy (non-hydrogen) atoms. The molecule has 0 radical (unpaired) electrons. The molecule has 1 heterocycles. The molecule has 0 aliphatic carbocycles. The van der Waals surface area contributed by atoms with Gasteiger partial charge < -0.3 is 14.8 Å². The van der Waals surface area contributed by atoms with Crippen molar-refractivity contribution in [2.24, 2.45) is 0 Å². The van der Waals surface area contributed by atoms with Crippen LogP contribution in [0.5, 0.6) is 11.5 Å². The predicted octanol–water partition coefficient (Wildman–Crippen LogP) is 4.56. The SMILES string of the molecule is COc1ccc(/C=C2\SC(=S)NC2=O)cc1COc1ccc(F)cc1Cl. The second kappa shape index (κ2) is 8.07. The van der Waals surface area contributed by atoms with Crippen molar-refractivity contribution in [3.05, 3.63) is 63.3 Å². The summed E-state index contributed by atoms with van der Waals surface area (Å²) in [6, 6.07) is 9.39. The first-order valence-electron chi connectivity index (χ1n) is 7.46. The summed E-state index contributed by atoms with van der Waals surface area (Å²) in [5.41, 5.74) is 1.56. The maximum atomic E-state index is 13.1. The van der Waals surface area contributed by atoms with E-state index in [2.05, 4.69) is 5.32 Å². The molecule has 0 unspecified atom stereocenters. The van der Waals surface area contributed by atoms with Crippen LogP contribution in [0.2, 0.25) is 5.02 Å². The van der Waals surface area contributed by atoms with Gasteiger partial charge in [-0.2, -0.15) is 0 Å². The lowest BCUT2D eigenvalue weighted by Gasteiger charge is -2.12. The Kier molecular flexibility index (Phi) is 5.80. The van der Waals surface area contributed by atoms with Crippen LogP contribution < -0.4 is 14.8 Å². The van der Waals surface area contributed by atoms with Gasteiger partial charge in [0.1, 0.15) is 28.2 Å². The van der Waals surface area contributed by atoms with Crippen molar-refractivity contribution in [1.29, 1.82) is 0 Å². The normalized spacial score (nSPS) is 15.3. The number of thioether (sulfide) groups is 1. The van der Waals surface area contributed by atoms with Gasteiger partial charge in [0.15, 0.2) is 0 Å². The molecular weight excluding hydrogens is 397 g/mol. The third-order valence-electron chi connectivity index (χ3n) is 3.52. The summed E-state index contributed by atoms with van der Waals surface area (Å²) in [5.74, 6) is 0.352. The second-order valence-corrected chi connectivity index (χ2v) is 7.41. The molecule has 4 nitrogen and oxygen atoms in total. The average molecular weight is 410 g/mol. The number of ether oxygens (including phenoxy) is 2. The van der Waals surface area contributed by atoms with Gasteiger partial charge in [-0.05, 0) is 42.0 Å². The number of nitrogens with one attached hydrogen (secondary N) is 1. The minimum atomic E-state index is -0.432. The molecule has 1 saturated heterocycles. The van der Waals surface area contributed by atoms with Crippen LogP contribution in [-0.4, -0.2) is 17.3 Å². The fourth-order valence-electron chi connectivity index (χ4n) is 2.32. The summed E-state index contributed by atoms with van der Waals surface area (Å²) in [6.45, 7) is 0.170. The topological polar surface area (TPSA) is 47.6 Å². The van der Waals surface area contributed by atoms with Gasteiger partial charge in [-0.3, -0.25) is 4.79 Å². The van der Waals surface area contributed by atoms with Gasteiger partial charge in [-0.25, -0.2) is 4.39 Å². The fraction of sp³-hybridized carbons (Fsp3) is 0.111. The van der Waals surface area contributed by atoms with E-state index >= 15 is 0 Å². The number of rotatable bonds is 5. The molecule has 2 aromatic rings. The smallest absolute Gasteiger partial charge is 0.263 e. The zero-order valence-electron chi connectivity index (χ0n) is 13.5. The van der Waals surface area contributed by atoms with Crippen LogP contribution in [0.3, 0.4) is 0 Å². The summed E-state index contributed by atoms with van der Waals surface area (Å²) in [4.78, 5) is 12.3. The Morgan fingerprint density at radius 1 is 1.27 bits per heavy atom. The Hall–Kier alpha value is -2.09. The van der Waals surface area contributed by atoms with Gasteiger partial charge in [0, 0.05) is 5.56 Å². The van der Waals surface area contributed by atoms with Crippen molar-refractivity contribution in [3.8, 4) is 11.5 Å². The van der Waals surface area contributed by atoms with E-state index in [1.807, 2.05) is 12.1 Å². The minimum Gasteiger partial charge on any atom is -0.496 e. The third kappa shape index (κ3) is 4.35. The highest BCUT2D eigenvalue weighted by Crippen LogP contribution is 2.30. The zero-order chi connectivity index (χ0) is 18.7. The number of hydrogen-bond donors (Lipinski definition) is 1. The molecule has 1 amide bonds. The molecule has 1 N–H and O–H groups in total. The van der Waals surface area contributed by atoms with Crippen LogP contribution in [-0.2, 0) is 11.4 Å². The maximum absolute atomic E-state index is 13.1. The molecule has 3 rings (SSSR count). The molecule has 1 aliphatic rings. The summed E-state index contributed by atoms with van der Waals surface area (Å²) >= 11 is 12.2. The lowest BCUT2D eigenvalue weighted by molar-refractivity contribution is -0.115. The highest BCUT2D eigenvalue weighted by atomic mass is 35.5. The Labute approximate surface area is 164 Å². The molecule has 2 aromatic carbocycles. The second-order valence-electron chi connectivity index (χ2n) is 5.29. The number of thiocarbonyl (C=S) groups is 1. The van der Waals surface area contributed by atoms with Crippen molar-refractivity contribution in [2.45, 2.75) is 6.61 Å². The van der Waals surface area contributed by atoms with Crippen LogP contribution >= 0.6 is 35.6 Å². The van der Waals surface area contributed by atoms with Gasteiger partial charge >= 0.3 is 0 Å². The monoisotopic (exact) mass is 409 g/mol. The molecule has 134 valence electrons. The zero-order valence-corrected chi connectivity index (χ0v) is 15.9. The van der Waals surface area contributed by atoms with Crippen LogP contribution in [0, 0.1) is 5.82 Å². The van der Waals surface area contributed by atoms with E-state index in [0.717, 1.165) is 11.1 Å². The van der Waals surface area contributed by atoms with Crippen molar-refractivity contribution in [3.63, 3.8) is 0 Å². The molecule has 0 aromatic heterocycles. The van der Waals surface area contributed by atoms with Gasteiger partial charge in [-0.15, -0.1) is 0 Å². The molecule has 0 spiro atoms. The van der Waals surface area contributed by atoms with Crippen LogP contribution in [0.4, 0.5) is 4.39 Å². The van der Waals surface area contributed by atoms with E-state index in [9.17, 15) is 9.18 Å². The molecule has 8 heteroatoms. The largest absolute Gasteiger partial charge is 0.496 e. The Morgan fingerprint density at radius 2 is 2.04 bits per heavy atom. The van der Waals surface area contributed by atoms with Gasteiger partial charge in [0.2, 0.25) is 0 Å². The van der Waals surface area contributed by atoms with Crippen molar-refractivity contribution >= 4 is 51.9 Å². The van der Waals surface area contributed by atoms with E-state index in [0.29, 0.717) is 20.7 Å². The molecule has 0 atom stereocenters. The molecule has 0 bridgehead atoms. The van der Waals surface area contributed by atoms with Crippen molar-refractivity contribution < 1.29 is 18.7 Å². The van der Waals surface area contributed by atoms with Gasteiger partial charge in [0.05, 0.1) is 17.0 Å². The van der Waals surface area contributed by atoms with E-state index < -0.39 is 5.82 Å². The van der Waals surface area contributed by atoms with E-state index in [1.165, 1.54) is 30.0 Å². The van der Waals surface area contributed by atoms with Crippen molar-refractivity contribution in [2.75, 3.05) is 7.11 Å². The highest BCUT2D eigenvalue weighted by molar-refractivity contribution is 8.26. The number of carbonyl (C=O) groups excluding carboxylic acids is 1. The number of halogens is 2. The average Bonchev–Trinajstić information content (AvgIpc) is 2.91. The quantitative estimate of drug-likeness (QED) is 0.579. The van der Waals surface area contributed by atoms with E-state index in [4.69, 9.17) is 33.3 Å². The van der Waals surface area contributed by atoms with E-state index in [-0.39, 0.29) is 17.5 Å². The van der Waals surface area contributed by atoms with Gasteiger partial charge in [0.25, 0.3) is 5.91 Å². The minimum absolute atomic E-state index is 0.170. The first-order chi connectivity index (χ1) is 12.5. The standard InChI is InChI=1S/C18H13ClFNO3S2/c1-23-14-4-2-10(7-16-17(22)21-18(25)26-16)6-11(14)9-24-15-5-3-12(20)8-13(15)19/h2-8H,9H2,1H3,(H,21,22,25)/b16-7-. The summed E-state index contributed by atoms with van der Waals surface area (Å²) in [6.07, 6.45) is 1.74. The number of benzene rings is 2. The molecule has 0 saturated carbocycles. The van der Waals surface area contributed by atoms with Gasteiger partial charge in [-0.1, -0.05) is 41.6 Å². The highest BCUT2D eigenvalue weighted by Gasteiger charge is 2.22. The number of methoxy groups -OCH3 is 1. The first kappa shape index (κ1) is 18.7. The molecule has 1 aliphatic heterocycles. The Morgan fingerprint density at radius 3 is 2.69 bits per heavy atom. The molecular formula is C18H13ClFNO3S2. The fourth-order valence-corrected chi connectivity index (χ4v) is 3.59. The van der Waals surface area contributed by atoms with Crippen LogP contribution in [0.25, 0.3) is 6.08 Å². The summed E-state index contributed by atoms with van der Waals surface area (Å²) in [5, 5.41) is 2.76. The molecule has 1 fully saturated rings. The lowest BCUT2D eigenvalue weighted by atomic mass is 10.1. The predicted molar refractivity (Wildman–Crippen MR) is 105 cm³/mol. The summed E-state index contributed by atoms with van der Waals surface area (Å²) < 4.78 is 24.6. The van der Waals surface area contributed by atoms with E-state index in [1.54, 1.807) is 19.3 Å². The van der Waals surface area contributed by atoms with Crippen molar-refractivity contribution in [1.82, 2.24) is 5.32 Å². The lowest BCUT2D eigenvalue weighted by Crippen LogP contribution is -2.17.